The molecule has 43 heavy (non-hydrogen) atoms. The van der Waals surface area contributed by atoms with E-state index in [1.165, 1.54) is 5.56 Å². The molecule has 0 radical (unpaired) electrons. The number of hydrogen-bond donors (Lipinski definition) is 1. The molecule has 2 heterocycles. The molecule has 2 saturated heterocycles. The molecule has 228 valence electrons. The molecule has 3 aromatic rings. The van der Waals surface area contributed by atoms with Crippen LogP contribution in [0.5, 0.6) is 0 Å². The van der Waals surface area contributed by atoms with Crippen molar-refractivity contribution in [3.63, 3.8) is 0 Å². The fraction of sp³-hybridized carbons (Fsp3) is 0.444. The van der Waals surface area contributed by atoms with Gasteiger partial charge in [-0.2, -0.15) is 0 Å². The van der Waals surface area contributed by atoms with Crippen LogP contribution in [0.2, 0.25) is 10.0 Å². The van der Waals surface area contributed by atoms with Crippen LogP contribution in [0.15, 0.2) is 78.9 Å². The normalized spacial score (nSPS) is 20.5. The molecule has 0 bridgehead atoms. The Kier molecular flexibility index (Phi) is 10.5. The Bertz CT molecular complexity index is 1380. The Hall–Kier alpha value is -2.86. The molecule has 1 atom stereocenters. The predicted molar refractivity (Wildman–Crippen MR) is 176 cm³/mol. The fourth-order valence-electron chi connectivity index (χ4n) is 7.08. The van der Waals surface area contributed by atoms with Gasteiger partial charge in [0, 0.05) is 43.6 Å². The minimum atomic E-state index is -0.313. The number of nitrogens with zero attached hydrogens (tertiary/aromatic N) is 2. The molecule has 0 aromatic heterocycles. The number of halogens is 2. The van der Waals surface area contributed by atoms with Gasteiger partial charge in [0.2, 0.25) is 5.91 Å². The van der Waals surface area contributed by atoms with E-state index in [1.54, 1.807) is 0 Å². The van der Waals surface area contributed by atoms with E-state index in [4.69, 9.17) is 23.2 Å². The van der Waals surface area contributed by atoms with Crippen molar-refractivity contribution in [3.05, 3.63) is 106 Å². The van der Waals surface area contributed by atoms with Crippen molar-refractivity contribution >= 4 is 35.0 Å². The molecule has 5 rings (SSSR count). The third-order valence-corrected chi connectivity index (χ3v) is 10.2. The molecule has 2 aliphatic heterocycles. The van der Waals surface area contributed by atoms with Gasteiger partial charge in [-0.15, -0.1) is 0 Å². The maximum atomic E-state index is 13.5. The highest BCUT2D eigenvalue weighted by atomic mass is 35.5. The summed E-state index contributed by atoms with van der Waals surface area (Å²) in [5, 5.41) is 4.53. The summed E-state index contributed by atoms with van der Waals surface area (Å²) in [7, 11) is 0. The van der Waals surface area contributed by atoms with E-state index in [-0.39, 0.29) is 22.8 Å². The van der Waals surface area contributed by atoms with Crippen LogP contribution in [0.1, 0.15) is 79.8 Å². The van der Waals surface area contributed by atoms with Gasteiger partial charge in [-0.3, -0.25) is 9.59 Å². The number of carbonyl (C=O) groups is 2. The van der Waals surface area contributed by atoms with Gasteiger partial charge in [-0.05, 0) is 86.9 Å². The van der Waals surface area contributed by atoms with E-state index in [9.17, 15) is 9.59 Å². The van der Waals surface area contributed by atoms with Crippen LogP contribution < -0.4 is 5.32 Å². The summed E-state index contributed by atoms with van der Waals surface area (Å²) in [6.45, 7) is 6.31. The largest absolute Gasteiger partial charge is 0.346 e. The Labute approximate surface area is 266 Å². The summed E-state index contributed by atoms with van der Waals surface area (Å²) in [6, 6.07) is 26.0. The molecule has 2 aliphatic rings. The first-order chi connectivity index (χ1) is 20.8. The Morgan fingerprint density at radius 2 is 1.53 bits per heavy atom. The second-order valence-corrected chi connectivity index (χ2v) is 13.1. The zero-order valence-electron chi connectivity index (χ0n) is 25.2. The number of rotatable bonds is 10. The van der Waals surface area contributed by atoms with Gasteiger partial charge >= 0.3 is 0 Å². The molecule has 2 fully saturated rings. The first-order valence-electron chi connectivity index (χ1n) is 15.7. The minimum Gasteiger partial charge on any atom is -0.346 e. The Morgan fingerprint density at radius 3 is 2.21 bits per heavy atom. The molecule has 7 heteroatoms. The topological polar surface area (TPSA) is 52.7 Å². The van der Waals surface area contributed by atoms with E-state index < -0.39 is 0 Å². The van der Waals surface area contributed by atoms with Crippen LogP contribution in [-0.2, 0) is 15.7 Å². The van der Waals surface area contributed by atoms with E-state index in [0.29, 0.717) is 23.0 Å². The lowest BCUT2D eigenvalue weighted by Crippen LogP contribution is -2.53. The van der Waals surface area contributed by atoms with Crippen molar-refractivity contribution in [1.29, 1.82) is 0 Å². The molecular formula is C36H43Cl2N3O2. The van der Waals surface area contributed by atoms with Gasteiger partial charge in [-0.1, -0.05) is 84.7 Å². The van der Waals surface area contributed by atoms with Crippen molar-refractivity contribution in [3.8, 4) is 0 Å². The van der Waals surface area contributed by atoms with E-state index in [2.05, 4.69) is 40.5 Å². The molecule has 0 aliphatic carbocycles. The summed E-state index contributed by atoms with van der Waals surface area (Å²) in [5.74, 6) is 0.221. The number of likely N-dealkylation sites (tertiary alicyclic amines) is 2. The fourth-order valence-corrected chi connectivity index (χ4v) is 7.38. The lowest BCUT2D eigenvalue weighted by atomic mass is 9.70. The summed E-state index contributed by atoms with van der Waals surface area (Å²) >= 11 is 12.8. The van der Waals surface area contributed by atoms with Gasteiger partial charge in [0.25, 0.3) is 5.91 Å². The number of nitrogens with one attached hydrogen (secondary N) is 1. The van der Waals surface area contributed by atoms with Crippen LogP contribution in [0, 0.1) is 0 Å². The predicted octanol–water partition coefficient (Wildman–Crippen LogP) is 7.86. The highest BCUT2D eigenvalue weighted by Crippen LogP contribution is 2.41. The van der Waals surface area contributed by atoms with Crippen LogP contribution in [0.3, 0.4) is 0 Å². The maximum Gasteiger partial charge on any atom is 0.253 e. The van der Waals surface area contributed by atoms with Crippen molar-refractivity contribution in [2.75, 3.05) is 32.7 Å². The van der Waals surface area contributed by atoms with Gasteiger partial charge in [0.05, 0.1) is 15.6 Å². The number of amides is 2. The van der Waals surface area contributed by atoms with Crippen molar-refractivity contribution < 1.29 is 9.59 Å². The van der Waals surface area contributed by atoms with Crippen LogP contribution in [-0.4, -0.2) is 54.3 Å². The zero-order chi connectivity index (χ0) is 30.3. The Morgan fingerprint density at radius 1 is 0.837 bits per heavy atom. The number of carbonyl (C=O) groups excluding carboxylic acids is 2. The van der Waals surface area contributed by atoms with Crippen molar-refractivity contribution in [2.24, 2.45) is 0 Å². The lowest BCUT2D eigenvalue weighted by molar-refractivity contribution is -0.123. The van der Waals surface area contributed by atoms with E-state index in [1.807, 2.05) is 60.4 Å². The molecule has 1 N–H and O–H groups in total. The third kappa shape index (κ3) is 7.45. The third-order valence-electron chi connectivity index (χ3n) is 9.44. The molecule has 1 unspecified atom stereocenters. The van der Waals surface area contributed by atoms with Crippen LogP contribution in [0.25, 0.3) is 0 Å². The van der Waals surface area contributed by atoms with Crippen molar-refractivity contribution in [2.45, 2.75) is 69.2 Å². The van der Waals surface area contributed by atoms with Gasteiger partial charge in [0.1, 0.15) is 0 Å². The van der Waals surface area contributed by atoms with Gasteiger partial charge in [-0.25, -0.2) is 0 Å². The highest BCUT2D eigenvalue weighted by Gasteiger charge is 2.40. The quantitative estimate of drug-likeness (QED) is 0.251. The minimum absolute atomic E-state index is 0.0862. The van der Waals surface area contributed by atoms with Gasteiger partial charge in [0.15, 0.2) is 0 Å². The summed E-state index contributed by atoms with van der Waals surface area (Å²) in [4.78, 5) is 30.8. The summed E-state index contributed by atoms with van der Waals surface area (Å²) in [5.41, 5.74) is 2.59. The second-order valence-electron chi connectivity index (χ2n) is 12.3. The van der Waals surface area contributed by atoms with Crippen molar-refractivity contribution in [1.82, 2.24) is 15.1 Å². The number of piperidine rings is 2. The summed E-state index contributed by atoms with van der Waals surface area (Å²) < 4.78 is 0. The zero-order valence-corrected chi connectivity index (χ0v) is 26.7. The molecule has 5 nitrogen and oxygen atoms in total. The SMILES string of the molecule is CCCC(=O)NC1(c2ccccc2)CCN(CCCC2(c3ccc(Cl)c(Cl)c3)CCCN(C(=O)c3ccccc3)C2)CC1. The first kappa shape index (κ1) is 31.6. The molecule has 0 saturated carbocycles. The maximum absolute atomic E-state index is 13.5. The number of benzene rings is 3. The summed E-state index contributed by atoms with van der Waals surface area (Å²) in [6.07, 6.45) is 7.10. The van der Waals surface area contributed by atoms with Crippen LogP contribution in [0.4, 0.5) is 0 Å². The molecule has 0 spiro atoms. The lowest BCUT2D eigenvalue weighted by Gasteiger charge is -2.45. The van der Waals surface area contributed by atoms with Gasteiger partial charge < -0.3 is 15.1 Å². The Balaban J connectivity index is 1.28. The average Bonchev–Trinajstić information content (AvgIpc) is 3.04. The molecule has 3 aromatic carbocycles. The van der Waals surface area contributed by atoms with E-state index in [0.717, 1.165) is 82.3 Å². The molecule has 2 amide bonds. The van der Waals surface area contributed by atoms with Crippen LogP contribution >= 0.6 is 23.2 Å². The monoisotopic (exact) mass is 619 g/mol. The number of hydrogen-bond acceptors (Lipinski definition) is 3. The smallest absolute Gasteiger partial charge is 0.253 e. The second kappa shape index (κ2) is 14.3. The van der Waals surface area contributed by atoms with E-state index >= 15 is 0 Å². The molecular weight excluding hydrogens is 577 g/mol. The average molecular weight is 621 g/mol. The standard InChI is InChI=1S/C36H43Cl2N3O2/c1-2-11-33(42)39-36(29-14-7-4-8-15-29)20-24-40(25-21-36)22-9-18-35(30-16-17-31(37)32(38)26-30)19-10-23-41(27-35)34(43)28-12-5-3-6-13-28/h3-8,12-17,26H,2,9-11,18-25,27H2,1H3,(H,39,42). The first-order valence-corrected chi connectivity index (χ1v) is 16.5. The highest BCUT2D eigenvalue weighted by molar-refractivity contribution is 6.42.